The highest BCUT2D eigenvalue weighted by atomic mass is 16.6. The molecule has 0 radical (unpaired) electrons. The summed E-state index contributed by atoms with van der Waals surface area (Å²) in [7, 11) is 1.61. The highest BCUT2D eigenvalue weighted by molar-refractivity contribution is 5.87. The first kappa shape index (κ1) is 11.4. The van der Waals surface area contributed by atoms with Crippen molar-refractivity contribution in [2.45, 2.75) is 12.5 Å². The van der Waals surface area contributed by atoms with Crippen LogP contribution in [0.25, 0.3) is 0 Å². The minimum atomic E-state index is -0.558. The Morgan fingerprint density at radius 3 is 2.76 bits per heavy atom. The molecule has 1 saturated heterocycles. The van der Waals surface area contributed by atoms with Crippen molar-refractivity contribution < 1.29 is 14.3 Å². The quantitative estimate of drug-likeness (QED) is 0.821. The molecule has 17 heavy (non-hydrogen) atoms. The first-order valence-electron chi connectivity index (χ1n) is 5.39. The maximum Gasteiger partial charge on any atom is 0.409 e. The number of carbonyl (C=O) groups is 2. The summed E-state index contributed by atoms with van der Waals surface area (Å²) < 4.78 is 4.81. The molecule has 1 aliphatic rings. The molecular weight excluding hydrogens is 220 g/mol. The van der Waals surface area contributed by atoms with Gasteiger partial charge in [0.15, 0.2) is 6.73 Å². The fourth-order valence-corrected chi connectivity index (χ4v) is 1.72. The molecule has 1 N–H and O–H groups in total. The molecule has 5 nitrogen and oxygen atoms in total. The summed E-state index contributed by atoms with van der Waals surface area (Å²) in [6.07, 6.45) is -0.0809. The van der Waals surface area contributed by atoms with Crippen LogP contribution in [0.4, 0.5) is 4.79 Å². The second-order valence-electron chi connectivity index (χ2n) is 3.98. The SMILES string of the molecule is CN1COC(=O)NC(Cc2ccccc2)C1=O. The van der Waals surface area contributed by atoms with Gasteiger partial charge in [-0.15, -0.1) is 0 Å². The van der Waals surface area contributed by atoms with Crippen molar-refractivity contribution in [1.29, 1.82) is 0 Å². The summed E-state index contributed by atoms with van der Waals surface area (Å²) in [5, 5.41) is 2.56. The Hall–Kier alpha value is -2.04. The Balaban J connectivity index is 2.12. The lowest BCUT2D eigenvalue weighted by molar-refractivity contribution is -0.133. The standard InChI is InChI=1S/C12H14N2O3/c1-14-8-17-12(16)13-10(11(14)15)7-9-5-3-2-4-6-9/h2-6,10H,7-8H2,1H3,(H,13,16). The Morgan fingerprint density at radius 1 is 1.35 bits per heavy atom. The number of nitrogens with zero attached hydrogens (tertiary/aromatic N) is 1. The van der Waals surface area contributed by atoms with E-state index >= 15 is 0 Å². The van der Waals surface area contributed by atoms with E-state index in [0.29, 0.717) is 6.42 Å². The van der Waals surface area contributed by atoms with Crippen molar-refractivity contribution in [3.63, 3.8) is 0 Å². The zero-order chi connectivity index (χ0) is 12.3. The second-order valence-corrected chi connectivity index (χ2v) is 3.98. The normalized spacial score (nSPS) is 20.5. The maximum atomic E-state index is 11.9. The monoisotopic (exact) mass is 234 g/mol. The van der Waals surface area contributed by atoms with Crippen LogP contribution in [-0.2, 0) is 16.0 Å². The number of hydrogen-bond donors (Lipinski definition) is 1. The van der Waals surface area contributed by atoms with Crippen molar-refractivity contribution in [2.75, 3.05) is 13.8 Å². The predicted molar refractivity (Wildman–Crippen MR) is 61.2 cm³/mol. The van der Waals surface area contributed by atoms with Crippen LogP contribution in [0.2, 0.25) is 0 Å². The highest BCUT2D eigenvalue weighted by Gasteiger charge is 2.28. The van der Waals surface area contributed by atoms with Crippen molar-refractivity contribution in [3.8, 4) is 0 Å². The Labute approximate surface area is 99.4 Å². The minimum absolute atomic E-state index is 0.00401. The van der Waals surface area contributed by atoms with Crippen molar-refractivity contribution in [2.24, 2.45) is 0 Å². The van der Waals surface area contributed by atoms with Gasteiger partial charge < -0.3 is 15.0 Å². The molecule has 2 amide bonds. The molecule has 2 rings (SSSR count). The van der Waals surface area contributed by atoms with Crippen LogP contribution < -0.4 is 5.32 Å². The molecule has 1 atom stereocenters. The summed E-state index contributed by atoms with van der Waals surface area (Å²) in [6.45, 7) is -0.00401. The van der Waals surface area contributed by atoms with Gasteiger partial charge in [-0.05, 0) is 5.56 Å². The molecule has 5 heteroatoms. The molecule has 1 aromatic rings. The number of alkyl carbamates (subject to hydrolysis) is 1. The van der Waals surface area contributed by atoms with E-state index < -0.39 is 12.1 Å². The lowest BCUT2D eigenvalue weighted by atomic mass is 10.1. The number of hydrogen-bond acceptors (Lipinski definition) is 3. The van der Waals surface area contributed by atoms with E-state index in [1.807, 2.05) is 30.3 Å². The van der Waals surface area contributed by atoms with Gasteiger partial charge in [-0.25, -0.2) is 4.79 Å². The van der Waals surface area contributed by atoms with Gasteiger partial charge in [-0.3, -0.25) is 4.79 Å². The molecule has 0 spiro atoms. The molecule has 1 aromatic carbocycles. The zero-order valence-corrected chi connectivity index (χ0v) is 9.55. The van der Waals surface area contributed by atoms with E-state index in [-0.39, 0.29) is 12.6 Å². The van der Waals surface area contributed by atoms with E-state index in [4.69, 9.17) is 4.74 Å². The van der Waals surface area contributed by atoms with Gasteiger partial charge in [0.1, 0.15) is 6.04 Å². The average molecular weight is 234 g/mol. The predicted octanol–water partition coefficient (Wildman–Crippen LogP) is 0.753. The largest absolute Gasteiger partial charge is 0.428 e. The smallest absolute Gasteiger partial charge is 0.409 e. The van der Waals surface area contributed by atoms with Gasteiger partial charge in [0.25, 0.3) is 0 Å². The number of likely N-dealkylation sites (N-methyl/N-ethyl adjacent to an activating group) is 1. The third-order valence-corrected chi connectivity index (χ3v) is 2.64. The van der Waals surface area contributed by atoms with Crippen LogP contribution in [-0.4, -0.2) is 36.7 Å². The molecule has 1 aliphatic heterocycles. The molecule has 1 fully saturated rings. The highest BCUT2D eigenvalue weighted by Crippen LogP contribution is 2.08. The summed E-state index contributed by atoms with van der Waals surface area (Å²) >= 11 is 0. The van der Waals surface area contributed by atoms with Crippen LogP contribution in [0.15, 0.2) is 30.3 Å². The summed E-state index contributed by atoms with van der Waals surface area (Å²) in [5.74, 6) is -0.139. The van der Waals surface area contributed by atoms with E-state index in [0.717, 1.165) is 5.56 Å². The number of ether oxygens (including phenoxy) is 1. The Morgan fingerprint density at radius 2 is 2.06 bits per heavy atom. The van der Waals surface area contributed by atoms with Gasteiger partial charge in [0.05, 0.1) is 0 Å². The number of rotatable bonds is 2. The number of amides is 2. The van der Waals surface area contributed by atoms with E-state index in [9.17, 15) is 9.59 Å². The molecule has 0 bridgehead atoms. The van der Waals surface area contributed by atoms with Gasteiger partial charge in [-0.1, -0.05) is 30.3 Å². The Bertz CT molecular complexity index is 419. The molecular formula is C12H14N2O3. The fraction of sp³-hybridized carbons (Fsp3) is 0.333. The van der Waals surface area contributed by atoms with Crippen LogP contribution in [0.1, 0.15) is 5.56 Å². The first-order chi connectivity index (χ1) is 8.16. The molecule has 0 aromatic heterocycles. The third kappa shape index (κ3) is 2.75. The Kier molecular flexibility index (Phi) is 3.27. The summed E-state index contributed by atoms with van der Waals surface area (Å²) in [6, 6.07) is 9.00. The minimum Gasteiger partial charge on any atom is -0.428 e. The first-order valence-corrected chi connectivity index (χ1v) is 5.39. The zero-order valence-electron chi connectivity index (χ0n) is 9.55. The summed E-state index contributed by atoms with van der Waals surface area (Å²) in [4.78, 5) is 24.6. The number of nitrogens with one attached hydrogen (secondary N) is 1. The van der Waals surface area contributed by atoms with E-state index in [2.05, 4.69) is 5.32 Å². The van der Waals surface area contributed by atoms with Crippen molar-refractivity contribution in [3.05, 3.63) is 35.9 Å². The molecule has 0 aliphatic carbocycles. The van der Waals surface area contributed by atoms with Crippen LogP contribution in [0.3, 0.4) is 0 Å². The maximum absolute atomic E-state index is 11.9. The van der Waals surface area contributed by atoms with Crippen LogP contribution in [0.5, 0.6) is 0 Å². The molecule has 1 unspecified atom stereocenters. The third-order valence-electron chi connectivity index (χ3n) is 2.64. The average Bonchev–Trinajstić information content (AvgIpc) is 2.45. The van der Waals surface area contributed by atoms with Crippen molar-refractivity contribution >= 4 is 12.0 Å². The second kappa shape index (κ2) is 4.86. The van der Waals surface area contributed by atoms with E-state index in [1.54, 1.807) is 7.05 Å². The molecule has 0 saturated carbocycles. The van der Waals surface area contributed by atoms with Gasteiger partial charge in [-0.2, -0.15) is 0 Å². The molecule has 1 heterocycles. The van der Waals surface area contributed by atoms with Crippen LogP contribution in [0, 0.1) is 0 Å². The van der Waals surface area contributed by atoms with Crippen molar-refractivity contribution in [1.82, 2.24) is 10.2 Å². The molecule has 90 valence electrons. The van der Waals surface area contributed by atoms with Gasteiger partial charge in [0, 0.05) is 13.5 Å². The van der Waals surface area contributed by atoms with Gasteiger partial charge in [0.2, 0.25) is 5.91 Å². The lowest BCUT2D eigenvalue weighted by Crippen LogP contribution is -2.44. The van der Waals surface area contributed by atoms with Gasteiger partial charge >= 0.3 is 6.09 Å². The van der Waals surface area contributed by atoms with Crippen LogP contribution >= 0.6 is 0 Å². The van der Waals surface area contributed by atoms with E-state index in [1.165, 1.54) is 4.90 Å². The topological polar surface area (TPSA) is 58.6 Å². The number of carbonyl (C=O) groups excluding carboxylic acids is 2. The number of cyclic esters (lactones) is 1. The summed E-state index contributed by atoms with van der Waals surface area (Å²) in [5.41, 5.74) is 1.00. The lowest BCUT2D eigenvalue weighted by Gasteiger charge is -2.17. The fourth-order valence-electron chi connectivity index (χ4n) is 1.72. The number of benzene rings is 1.